The fourth-order valence-electron chi connectivity index (χ4n) is 8.44. The monoisotopic (exact) mass is 718 g/mol. The zero-order valence-electron chi connectivity index (χ0n) is 32.0. The van der Waals surface area contributed by atoms with Gasteiger partial charge in [0.2, 0.25) is 18.0 Å². The standard InChI is InChI=1S/C46H44N3O5/c1-24(2)29-13-9-14-30(25(3)4)41(29)47-39(50)23-40(51)48(42-31(26(5)6)15-10-16-32(42)27(7)8)46(47)28-21-37-45-38(22-28)54-36-20-12-18-34-44(36)49(45)43-33(52-34)17-11-19-35(43)53-37/h9-22,24-27H,23H2,1-8H3. The van der Waals surface area contributed by atoms with Gasteiger partial charge < -0.3 is 14.2 Å². The van der Waals surface area contributed by atoms with Crippen LogP contribution >= 0.6 is 0 Å². The highest BCUT2D eigenvalue weighted by Crippen LogP contribution is 2.67. The molecule has 4 aliphatic heterocycles. The van der Waals surface area contributed by atoms with Gasteiger partial charge in [-0.05, 0) is 82.3 Å². The molecule has 4 heterocycles. The number of amides is 2. The van der Waals surface area contributed by atoms with Crippen LogP contribution in [0.1, 0.15) is 113 Å². The molecule has 4 aliphatic rings. The molecule has 0 bridgehead atoms. The maximum atomic E-state index is 14.8. The van der Waals surface area contributed by atoms with Gasteiger partial charge in [-0.15, -0.1) is 0 Å². The van der Waals surface area contributed by atoms with Crippen molar-refractivity contribution in [1.29, 1.82) is 0 Å². The number of ether oxygens (including phenoxy) is 3. The first kappa shape index (κ1) is 34.0. The topological polar surface area (TPSA) is 71.6 Å². The second-order valence-electron chi connectivity index (χ2n) is 15.8. The number of hydrogen-bond acceptors (Lipinski definition) is 6. The molecule has 8 nitrogen and oxygen atoms in total. The number of para-hydroxylation sites is 4. The first-order valence-electron chi connectivity index (χ1n) is 19.0. The fraction of sp³-hybridized carbons (Fsp3) is 0.283. The molecule has 2 amide bonds. The maximum absolute atomic E-state index is 14.8. The lowest BCUT2D eigenvalue weighted by Gasteiger charge is -2.46. The van der Waals surface area contributed by atoms with Gasteiger partial charge in [0.15, 0.2) is 34.5 Å². The van der Waals surface area contributed by atoms with Crippen LogP contribution in [0.15, 0.2) is 84.9 Å². The molecule has 0 spiro atoms. The Labute approximate surface area is 316 Å². The Morgan fingerprint density at radius 2 is 0.741 bits per heavy atom. The quantitative estimate of drug-likeness (QED) is 0.153. The van der Waals surface area contributed by atoms with E-state index >= 15 is 0 Å². The Bertz CT molecular complexity index is 2180. The number of carbonyl (C=O) groups is 2. The van der Waals surface area contributed by atoms with Gasteiger partial charge >= 0.3 is 0 Å². The molecule has 0 aromatic heterocycles. The third-order valence-electron chi connectivity index (χ3n) is 10.9. The summed E-state index contributed by atoms with van der Waals surface area (Å²) in [4.78, 5) is 35.4. The molecule has 1 fully saturated rings. The molecule has 273 valence electrons. The zero-order chi connectivity index (χ0) is 37.7. The lowest BCUT2D eigenvalue weighted by Crippen LogP contribution is -2.55. The van der Waals surface area contributed by atoms with Crippen LogP contribution in [0, 0.1) is 6.17 Å². The maximum Gasteiger partial charge on any atom is 0.238 e. The number of nitrogens with zero attached hydrogens (tertiary/aromatic N) is 3. The lowest BCUT2D eigenvalue weighted by atomic mass is 9.88. The van der Waals surface area contributed by atoms with Gasteiger partial charge in [0.25, 0.3) is 0 Å². The van der Waals surface area contributed by atoms with Crippen molar-refractivity contribution >= 4 is 40.3 Å². The molecule has 5 aromatic rings. The summed E-state index contributed by atoms with van der Waals surface area (Å²) < 4.78 is 19.8. The number of hydrogen-bond donors (Lipinski definition) is 0. The molecule has 1 radical (unpaired) electrons. The van der Waals surface area contributed by atoms with Crippen molar-refractivity contribution in [2.24, 2.45) is 0 Å². The van der Waals surface area contributed by atoms with Crippen molar-refractivity contribution in [1.82, 2.24) is 0 Å². The summed E-state index contributed by atoms with van der Waals surface area (Å²) in [5.41, 5.74) is 8.75. The Morgan fingerprint density at radius 1 is 0.426 bits per heavy atom. The van der Waals surface area contributed by atoms with E-state index in [2.05, 4.69) is 96.7 Å². The third kappa shape index (κ3) is 4.95. The first-order valence-corrected chi connectivity index (χ1v) is 19.0. The van der Waals surface area contributed by atoms with Crippen LogP contribution < -0.4 is 28.9 Å². The summed E-state index contributed by atoms with van der Waals surface area (Å²) in [6, 6.07) is 28.0. The van der Waals surface area contributed by atoms with Crippen molar-refractivity contribution in [3.05, 3.63) is 119 Å². The molecule has 0 N–H and O–H groups in total. The molecule has 0 atom stereocenters. The van der Waals surface area contributed by atoms with Crippen molar-refractivity contribution in [3.63, 3.8) is 0 Å². The predicted octanol–water partition coefficient (Wildman–Crippen LogP) is 12.3. The average Bonchev–Trinajstić information content (AvgIpc) is 3.13. The van der Waals surface area contributed by atoms with E-state index < -0.39 is 0 Å². The minimum absolute atomic E-state index is 0.0991. The van der Waals surface area contributed by atoms with E-state index in [1.807, 2.05) is 58.3 Å². The Balaban J connectivity index is 1.35. The van der Waals surface area contributed by atoms with Gasteiger partial charge in [-0.3, -0.25) is 24.3 Å². The summed E-state index contributed by atoms with van der Waals surface area (Å²) >= 11 is 0. The Morgan fingerprint density at radius 3 is 1.09 bits per heavy atom. The molecule has 8 heteroatoms. The van der Waals surface area contributed by atoms with Crippen molar-refractivity contribution < 1.29 is 23.8 Å². The summed E-state index contributed by atoms with van der Waals surface area (Å²) in [7, 11) is 0. The molecule has 9 rings (SSSR count). The van der Waals surface area contributed by atoms with E-state index in [-0.39, 0.29) is 41.9 Å². The van der Waals surface area contributed by atoms with Crippen LogP contribution in [0.2, 0.25) is 0 Å². The minimum Gasteiger partial charge on any atom is -0.453 e. The van der Waals surface area contributed by atoms with Crippen LogP contribution in [0.3, 0.4) is 0 Å². The lowest BCUT2D eigenvalue weighted by molar-refractivity contribution is -0.128. The number of rotatable bonds is 7. The summed E-state index contributed by atoms with van der Waals surface area (Å²) in [6.45, 7) is 17.2. The summed E-state index contributed by atoms with van der Waals surface area (Å²) in [5.74, 6) is 3.60. The molecule has 0 unspecified atom stereocenters. The fourth-order valence-corrected chi connectivity index (χ4v) is 8.44. The highest BCUT2D eigenvalue weighted by molar-refractivity contribution is 6.19. The van der Waals surface area contributed by atoms with Gasteiger partial charge in [-0.1, -0.05) is 104 Å². The molecule has 0 saturated carbocycles. The normalized spacial score (nSPS) is 15.6. The number of carbonyl (C=O) groups excluding carboxylic acids is 2. The Kier molecular flexibility index (Phi) is 7.82. The van der Waals surface area contributed by atoms with E-state index in [1.165, 1.54) is 0 Å². The molecule has 54 heavy (non-hydrogen) atoms. The second kappa shape index (κ2) is 12.4. The largest absolute Gasteiger partial charge is 0.453 e. The van der Waals surface area contributed by atoms with Crippen molar-refractivity contribution in [2.75, 3.05) is 14.7 Å². The van der Waals surface area contributed by atoms with E-state index in [9.17, 15) is 9.59 Å². The minimum atomic E-state index is -0.277. The van der Waals surface area contributed by atoms with E-state index in [0.29, 0.717) is 46.2 Å². The Hall–Kier alpha value is -5.76. The molecule has 5 aromatic carbocycles. The third-order valence-corrected chi connectivity index (χ3v) is 10.9. The smallest absolute Gasteiger partial charge is 0.238 e. The predicted molar refractivity (Wildman–Crippen MR) is 213 cm³/mol. The van der Waals surface area contributed by atoms with Gasteiger partial charge in [-0.25, -0.2) is 0 Å². The van der Waals surface area contributed by atoms with Crippen LogP contribution in [0.25, 0.3) is 0 Å². The SMILES string of the molecule is CC(C)c1cccc(C(C)C)c1N1[C](c2cc3c4c(c2)Oc2cccc5c2N4c2c(cccc2O3)O5)N(c2c(C(C)C)cccc2C(C)C)C(=O)CC1=O. The first-order chi connectivity index (χ1) is 25.9. The number of anilines is 5. The summed E-state index contributed by atoms with van der Waals surface area (Å²) in [5, 5.41) is 0. The zero-order valence-corrected chi connectivity index (χ0v) is 32.0. The van der Waals surface area contributed by atoms with E-state index in [1.54, 1.807) is 0 Å². The highest BCUT2D eigenvalue weighted by Gasteiger charge is 2.48. The molecule has 1 saturated heterocycles. The molecular formula is C46H44N3O5. The van der Waals surface area contributed by atoms with Gasteiger partial charge in [0, 0.05) is 5.56 Å². The van der Waals surface area contributed by atoms with Gasteiger partial charge in [0.05, 0.1) is 11.4 Å². The average molecular weight is 719 g/mol. The summed E-state index contributed by atoms with van der Waals surface area (Å²) in [6.07, 6.45) is 0.191. The second-order valence-corrected chi connectivity index (χ2v) is 15.8. The van der Waals surface area contributed by atoms with Crippen LogP contribution in [-0.2, 0) is 9.59 Å². The van der Waals surface area contributed by atoms with Crippen LogP contribution in [0.5, 0.6) is 34.5 Å². The van der Waals surface area contributed by atoms with Crippen molar-refractivity contribution in [2.45, 2.75) is 85.5 Å². The van der Waals surface area contributed by atoms with Gasteiger partial charge in [0.1, 0.15) is 23.5 Å². The number of benzene rings is 5. The molecule has 0 aliphatic carbocycles. The van der Waals surface area contributed by atoms with E-state index in [4.69, 9.17) is 14.2 Å². The van der Waals surface area contributed by atoms with Crippen molar-refractivity contribution in [3.8, 4) is 34.5 Å². The van der Waals surface area contributed by atoms with E-state index in [0.717, 1.165) is 50.7 Å². The molecular weight excluding hydrogens is 675 g/mol. The van der Waals surface area contributed by atoms with Gasteiger partial charge in [-0.2, -0.15) is 0 Å². The highest BCUT2D eigenvalue weighted by atomic mass is 16.5. The van der Waals surface area contributed by atoms with Crippen LogP contribution in [-0.4, -0.2) is 11.8 Å². The van der Waals surface area contributed by atoms with Crippen LogP contribution in [0.4, 0.5) is 28.4 Å².